The molecule has 3 aromatic rings. The maximum absolute atomic E-state index is 13.4. The molecule has 1 heterocycles. The number of fused-ring (bicyclic) bond motifs is 1. The second-order valence-electron chi connectivity index (χ2n) is 5.97. The predicted octanol–water partition coefficient (Wildman–Crippen LogP) is 3.75. The van der Waals surface area contributed by atoms with Crippen molar-refractivity contribution in [3.8, 4) is 0 Å². The highest BCUT2D eigenvalue weighted by Gasteiger charge is 2.40. The Hall–Kier alpha value is -3.37. The lowest BCUT2D eigenvalue weighted by Gasteiger charge is -2.17. The summed E-state index contributed by atoms with van der Waals surface area (Å²) in [6.07, 6.45) is -10.7. The Balaban J connectivity index is 2.15. The van der Waals surface area contributed by atoms with Crippen molar-refractivity contribution < 1.29 is 31.1 Å². The number of carbonyl (C=O) groups excluding carboxylic acids is 1. The smallest absolute Gasteiger partial charge is 0.273 e. The quantitative estimate of drug-likeness (QED) is 0.663. The number of hydrogen-bond donors (Lipinski definition) is 1. The van der Waals surface area contributed by atoms with Crippen LogP contribution in [0.1, 0.15) is 17.0 Å². The Bertz CT molecular complexity index is 1120. The second-order valence-corrected chi connectivity index (χ2v) is 5.97. The highest BCUT2D eigenvalue weighted by Crippen LogP contribution is 2.34. The normalized spacial score (nSPS) is 12.2. The molecule has 1 N–H and O–H groups in total. The number of amides is 1. The molecule has 0 aliphatic rings. The molecule has 1 aromatic heterocycles. The number of nitrogens with zero attached hydrogens (tertiary/aromatic N) is 2. The molecular weight excluding hydrogens is 404 g/mol. The van der Waals surface area contributed by atoms with Crippen molar-refractivity contribution in [1.29, 1.82) is 0 Å². The SMILES string of the molecule is O=C(Cc1ccccc1)Nn1c(C(F)(F)F)nc2c(C(F)(F)F)cccc2c1=O. The van der Waals surface area contributed by atoms with Crippen LogP contribution in [-0.2, 0) is 23.6 Å². The van der Waals surface area contributed by atoms with Crippen LogP contribution in [0, 0.1) is 0 Å². The van der Waals surface area contributed by atoms with Gasteiger partial charge >= 0.3 is 12.4 Å². The molecule has 3 rings (SSSR count). The molecule has 0 aliphatic carbocycles. The zero-order valence-electron chi connectivity index (χ0n) is 14.3. The Morgan fingerprint density at radius 2 is 1.59 bits per heavy atom. The number of benzene rings is 2. The Morgan fingerprint density at radius 1 is 0.931 bits per heavy atom. The summed E-state index contributed by atoms with van der Waals surface area (Å²) >= 11 is 0. The maximum atomic E-state index is 13.4. The van der Waals surface area contributed by atoms with Gasteiger partial charge < -0.3 is 0 Å². The van der Waals surface area contributed by atoms with E-state index >= 15 is 0 Å². The van der Waals surface area contributed by atoms with Gasteiger partial charge in [0.1, 0.15) is 0 Å². The van der Waals surface area contributed by atoms with Crippen molar-refractivity contribution in [3.05, 3.63) is 75.8 Å². The van der Waals surface area contributed by atoms with Gasteiger partial charge in [-0.3, -0.25) is 15.0 Å². The van der Waals surface area contributed by atoms with E-state index in [4.69, 9.17) is 0 Å². The van der Waals surface area contributed by atoms with E-state index in [2.05, 4.69) is 4.98 Å². The Morgan fingerprint density at radius 3 is 2.17 bits per heavy atom. The molecule has 0 saturated carbocycles. The molecule has 11 heteroatoms. The van der Waals surface area contributed by atoms with Crippen LogP contribution < -0.4 is 11.0 Å². The van der Waals surface area contributed by atoms with Crippen molar-refractivity contribution in [3.63, 3.8) is 0 Å². The van der Waals surface area contributed by atoms with Gasteiger partial charge in [0.25, 0.3) is 5.56 Å². The van der Waals surface area contributed by atoms with Crippen LogP contribution in [0.2, 0.25) is 0 Å². The first-order valence-electron chi connectivity index (χ1n) is 8.02. The van der Waals surface area contributed by atoms with E-state index in [0.29, 0.717) is 11.6 Å². The molecule has 0 fully saturated rings. The van der Waals surface area contributed by atoms with Crippen LogP contribution in [0.4, 0.5) is 26.3 Å². The van der Waals surface area contributed by atoms with Gasteiger partial charge in [-0.2, -0.15) is 31.0 Å². The van der Waals surface area contributed by atoms with Crippen molar-refractivity contribution in [2.45, 2.75) is 18.8 Å². The molecule has 2 aromatic carbocycles. The standard InChI is InChI=1S/C18H11F6N3O2/c19-17(20,21)12-8-4-7-11-14(12)25-16(18(22,23)24)27(15(11)29)26-13(28)9-10-5-2-1-3-6-10/h1-8H,9H2,(H,26,28). The summed E-state index contributed by atoms with van der Waals surface area (Å²) in [6, 6.07) is 10.3. The third kappa shape index (κ3) is 4.23. The monoisotopic (exact) mass is 415 g/mol. The van der Waals surface area contributed by atoms with E-state index in [9.17, 15) is 35.9 Å². The van der Waals surface area contributed by atoms with Gasteiger partial charge in [0, 0.05) is 0 Å². The van der Waals surface area contributed by atoms with Crippen molar-refractivity contribution in [1.82, 2.24) is 9.66 Å². The zero-order valence-corrected chi connectivity index (χ0v) is 14.3. The lowest BCUT2D eigenvalue weighted by Crippen LogP contribution is -2.39. The summed E-state index contributed by atoms with van der Waals surface area (Å²) in [5, 5.41) is -0.715. The lowest BCUT2D eigenvalue weighted by molar-refractivity contribution is -0.148. The fraction of sp³-hybridized carbons (Fsp3) is 0.167. The summed E-state index contributed by atoms with van der Waals surface area (Å²) in [4.78, 5) is 27.7. The van der Waals surface area contributed by atoms with E-state index < -0.39 is 46.1 Å². The van der Waals surface area contributed by atoms with Crippen LogP contribution in [0.3, 0.4) is 0 Å². The second kappa shape index (κ2) is 7.22. The molecule has 1 amide bonds. The first-order valence-corrected chi connectivity index (χ1v) is 8.02. The van der Waals surface area contributed by atoms with Crippen LogP contribution in [-0.4, -0.2) is 15.6 Å². The molecule has 0 aliphatic heterocycles. The third-order valence-corrected chi connectivity index (χ3v) is 3.90. The minimum absolute atomic E-state index is 0.173. The summed E-state index contributed by atoms with van der Waals surface area (Å²) in [5.74, 6) is -2.94. The van der Waals surface area contributed by atoms with E-state index in [1.54, 1.807) is 35.8 Å². The number of para-hydroxylation sites is 1. The number of carbonyl (C=O) groups is 1. The third-order valence-electron chi connectivity index (χ3n) is 3.90. The van der Waals surface area contributed by atoms with Gasteiger partial charge in [0.05, 0.1) is 22.9 Å². The molecule has 0 saturated heterocycles. The number of nitrogens with one attached hydrogen (secondary N) is 1. The number of rotatable bonds is 3. The first-order chi connectivity index (χ1) is 13.5. The molecule has 0 unspecified atom stereocenters. The summed E-state index contributed by atoms with van der Waals surface area (Å²) in [7, 11) is 0. The fourth-order valence-corrected chi connectivity index (χ4v) is 2.68. The fourth-order valence-electron chi connectivity index (χ4n) is 2.68. The highest BCUT2D eigenvalue weighted by molar-refractivity contribution is 5.87. The highest BCUT2D eigenvalue weighted by atomic mass is 19.4. The van der Waals surface area contributed by atoms with Crippen LogP contribution in [0.25, 0.3) is 10.9 Å². The van der Waals surface area contributed by atoms with Gasteiger partial charge in [-0.25, -0.2) is 4.98 Å². The van der Waals surface area contributed by atoms with Gasteiger partial charge in [-0.1, -0.05) is 36.4 Å². The number of halogens is 6. The molecule has 5 nitrogen and oxygen atoms in total. The van der Waals surface area contributed by atoms with E-state index in [1.165, 1.54) is 0 Å². The molecule has 0 bridgehead atoms. The molecule has 29 heavy (non-hydrogen) atoms. The zero-order chi connectivity index (χ0) is 21.4. The lowest BCUT2D eigenvalue weighted by atomic mass is 10.1. The number of aromatic nitrogens is 2. The number of hydrogen-bond acceptors (Lipinski definition) is 3. The van der Waals surface area contributed by atoms with Crippen LogP contribution in [0.5, 0.6) is 0 Å². The van der Waals surface area contributed by atoms with Gasteiger partial charge in [0.2, 0.25) is 11.7 Å². The topological polar surface area (TPSA) is 64.0 Å². The minimum atomic E-state index is -5.30. The van der Waals surface area contributed by atoms with Gasteiger partial charge in [-0.05, 0) is 17.7 Å². The van der Waals surface area contributed by atoms with Gasteiger partial charge in [0.15, 0.2) is 0 Å². The van der Waals surface area contributed by atoms with Crippen molar-refractivity contribution in [2.24, 2.45) is 0 Å². The Labute approximate surface area is 158 Å². The van der Waals surface area contributed by atoms with Gasteiger partial charge in [-0.15, -0.1) is 0 Å². The molecule has 0 atom stereocenters. The average Bonchev–Trinajstić information content (AvgIpc) is 2.62. The Kier molecular flexibility index (Phi) is 5.07. The minimum Gasteiger partial charge on any atom is -0.273 e. The molecule has 0 radical (unpaired) electrons. The van der Waals surface area contributed by atoms with E-state index in [0.717, 1.165) is 12.1 Å². The predicted molar refractivity (Wildman–Crippen MR) is 90.5 cm³/mol. The van der Waals surface area contributed by atoms with Crippen molar-refractivity contribution >= 4 is 16.8 Å². The largest absolute Gasteiger partial charge is 0.451 e. The van der Waals surface area contributed by atoms with E-state index in [-0.39, 0.29) is 11.1 Å². The summed E-state index contributed by atoms with van der Waals surface area (Å²) < 4.78 is 79.4. The van der Waals surface area contributed by atoms with E-state index in [1.807, 2.05) is 0 Å². The average molecular weight is 415 g/mol. The van der Waals surface area contributed by atoms with Crippen LogP contribution in [0.15, 0.2) is 53.3 Å². The number of alkyl halides is 6. The first kappa shape index (κ1) is 20.4. The maximum Gasteiger partial charge on any atom is 0.451 e. The molecule has 0 spiro atoms. The van der Waals surface area contributed by atoms with Crippen molar-refractivity contribution in [2.75, 3.05) is 5.43 Å². The molecule has 152 valence electrons. The summed E-state index contributed by atoms with van der Waals surface area (Å²) in [6.45, 7) is 0. The summed E-state index contributed by atoms with van der Waals surface area (Å²) in [5.41, 5.74) is -1.87. The molecular formula is C18H11F6N3O2. The van der Waals surface area contributed by atoms with Crippen LogP contribution >= 0.6 is 0 Å².